The number of benzene rings is 2. The third kappa shape index (κ3) is 3.20. The second-order valence-corrected chi connectivity index (χ2v) is 7.85. The van der Waals surface area contributed by atoms with Crippen molar-refractivity contribution in [2.75, 3.05) is 0 Å². The molecule has 2 unspecified atom stereocenters. The molecule has 1 aliphatic carbocycles. The minimum atomic E-state index is 0.385. The van der Waals surface area contributed by atoms with E-state index in [0.717, 1.165) is 24.5 Å². The van der Waals surface area contributed by atoms with Crippen LogP contribution in [-0.2, 0) is 6.54 Å². The van der Waals surface area contributed by atoms with Crippen LogP contribution >= 0.6 is 12.2 Å². The molecule has 2 atom stereocenters. The first-order valence-electron chi connectivity index (χ1n) is 9.49. The van der Waals surface area contributed by atoms with E-state index in [-0.39, 0.29) is 0 Å². The molecule has 0 amide bonds. The summed E-state index contributed by atoms with van der Waals surface area (Å²) in [5.41, 5.74) is 4.81. The number of hydrogen-bond acceptors (Lipinski definition) is 3. The highest BCUT2D eigenvalue weighted by Gasteiger charge is 2.43. The van der Waals surface area contributed by atoms with Crippen molar-refractivity contribution in [2.24, 2.45) is 0 Å². The van der Waals surface area contributed by atoms with Crippen molar-refractivity contribution < 1.29 is 0 Å². The fourth-order valence-corrected chi connectivity index (χ4v) is 4.04. The van der Waals surface area contributed by atoms with E-state index in [9.17, 15) is 0 Å². The molecule has 0 bridgehead atoms. The highest BCUT2D eigenvalue weighted by atomic mass is 32.1. The molecule has 4 aromatic rings. The predicted molar refractivity (Wildman–Crippen MR) is 111 cm³/mol. The molecule has 140 valence electrons. The van der Waals surface area contributed by atoms with Gasteiger partial charge in [-0.15, -0.1) is 0 Å². The van der Waals surface area contributed by atoms with Gasteiger partial charge in [0.2, 0.25) is 0 Å². The van der Waals surface area contributed by atoms with E-state index in [4.69, 9.17) is 12.2 Å². The van der Waals surface area contributed by atoms with Crippen molar-refractivity contribution in [3.63, 3.8) is 0 Å². The van der Waals surface area contributed by atoms with Gasteiger partial charge in [0.05, 0.1) is 18.4 Å². The first-order valence-corrected chi connectivity index (χ1v) is 9.90. The van der Waals surface area contributed by atoms with Gasteiger partial charge in [-0.2, -0.15) is 10.2 Å². The Kier molecular flexibility index (Phi) is 4.20. The quantitative estimate of drug-likeness (QED) is 0.503. The maximum absolute atomic E-state index is 5.52. The van der Waals surface area contributed by atoms with Gasteiger partial charge in [0, 0.05) is 12.1 Å². The van der Waals surface area contributed by atoms with Crippen molar-refractivity contribution in [1.29, 1.82) is 0 Å². The van der Waals surface area contributed by atoms with E-state index in [0.29, 0.717) is 16.6 Å². The Morgan fingerprint density at radius 2 is 1.86 bits per heavy atom. The van der Waals surface area contributed by atoms with Gasteiger partial charge < -0.3 is 0 Å². The molecule has 0 radical (unpaired) electrons. The van der Waals surface area contributed by atoms with Crippen molar-refractivity contribution in [3.8, 4) is 5.69 Å². The SMILES string of the molecule is Cc1ccc(Cn2cc(-n3c(C4CC4c4ccccc4)n[nH]c3=S)cn2)cc1. The van der Waals surface area contributed by atoms with E-state index in [2.05, 4.69) is 76.8 Å². The summed E-state index contributed by atoms with van der Waals surface area (Å²) in [7, 11) is 0. The van der Waals surface area contributed by atoms with Gasteiger partial charge in [-0.3, -0.25) is 14.3 Å². The molecule has 1 saturated carbocycles. The third-order valence-corrected chi connectivity index (χ3v) is 5.66. The minimum Gasteiger partial charge on any atom is -0.269 e. The smallest absolute Gasteiger partial charge is 0.199 e. The van der Waals surface area contributed by atoms with Crippen molar-refractivity contribution >= 4 is 12.2 Å². The van der Waals surface area contributed by atoms with Gasteiger partial charge in [0.1, 0.15) is 5.82 Å². The Bertz CT molecular complexity index is 1150. The standard InChI is InChI=1S/C22H21N5S/c1-15-7-9-16(10-8-15)13-26-14-18(12-23-26)27-21(24-25-22(27)28)20-11-19(20)17-5-3-2-4-6-17/h2-10,12,14,19-20H,11,13H2,1H3,(H,25,28). The van der Waals surface area contributed by atoms with Gasteiger partial charge in [0.25, 0.3) is 0 Å². The zero-order chi connectivity index (χ0) is 19.1. The van der Waals surface area contributed by atoms with Crippen LogP contribution in [0.2, 0.25) is 0 Å². The second-order valence-electron chi connectivity index (χ2n) is 7.46. The zero-order valence-electron chi connectivity index (χ0n) is 15.6. The number of H-pyrrole nitrogens is 1. The van der Waals surface area contributed by atoms with Gasteiger partial charge in [-0.05, 0) is 42.6 Å². The zero-order valence-corrected chi connectivity index (χ0v) is 16.4. The molecule has 0 spiro atoms. The Morgan fingerprint density at radius 1 is 1.07 bits per heavy atom. The lowest BCUT2D eigenvalue weighted by atomic mass is 10.1. The van der Waals surface area contributed by atoms with E-state index >= 15 is 0 Å². The average Bonchev–Trinajstić information content (AvgIpc) is 3.23. The molecule has 5 nitrogen and oxygen atoms in total. The van der Waals surface area contributed by atoms with Crippen LogP contribution in [-0.4, -0.2) is 24.5 Å². The summed E-state index contributed by atoms with van der Waals surface area (Å²) >= 11 is 5.52. The number of rotatable bonds is 5. The normalized spacial score (nSPS) is 18.3. The fourth-order valence-electron chi connectivity index (χ4n) is 3.79. The van der Waals surface area contributed by atoms with Crippen LogP contribution in [0.25, 0.3) is 5.69 Å². The molecule has 0 aliphatic heterocycles. The number of nitrogens with zero attached hydrogens (tertiary/aromatic N) is 4. The van der Waals surface area contributed by atoms with Gasteiger partial charge >= 0.3 is 0 Å². The van der Waals surface area contributed by atoms with E-state index in [1.54, 1.807) is 0 Å². The number of aromatic amines is 1. The fraction of sp³-hybridized carbons (Fsp3) is 0.227. The molecule has 0 saturated heterocycles. The third-order valence-electron chi connectivity index (χ3n) is 5.39. The Hall–Kier alpha value is -2.99. The first kappa shape index (κ1) is 17.1. The van der Waals surface area contributed by atoms with Crippen molar-refractivity contribution in [2.45, 2.75) is 31.7 Å². The molecule has 1 fully saturated rings. The van der Waals surface area contributed by atoms with Crippen LogP contribution < -0.4 is 0 Å². The maximum atomic E-state index is 5.52. The van der Waals surface area contributed by atoms with Crippen LogP contribution in [0.4, 0.5) is 0 Å². The topological polar surface area (TPSA) is 51.4 Å². The number of nitrogens with one attached hydrogen (secondary N) is 1. The van der Waals surface area contributed by atoms with E-state index in [1.807, 2.05) is 21.6 Å². The number of aromatic nitrogens is 5. The number of aryl methyl sites for hydroxylation is 1. The molecule has 5 rings (SSSR count). The molecule has 1 aliphatic rings. The summed E-state index contributed by atoms with van der Waals surface area (Å²) in [4.78, 5) is 0. The molecule has 28 heavy (non-hydrogen) atoms. The maximum Gasteiger partial charge on any atom is 0.199 e. The molecule has 2 aromatic carbocycles. The summed E-state index contributed by atoms with van der Waals surface area (Å²) < 4.78 is 4.59. The van der Waals surface area contributed by atoms with Gasteiger partial charge in [-0.25, -0.2) is 0 Å². The van der Waals surface area contributed by atoms with Gasteiger partial charge in [0.15, 0.2) is 4.77 Å². The van der Waals surface area contributed by atoms with Crippen molar-refractivity contribution in [3.05, 3.63) is 94.3 Å². The Balaban J connectivity index is 1.41. The highest BCUT2D eigenvalue weighted by Crippen LogP contribution is 2.54. The lowest BCUT2D eigenvalue weighted by Crippen LogP contribution is -2.02. The van der Waals surface area contributed by atoms with Crippen LogP contribution in [0.3, 0.4) is 0 Å². The van der Waals surface area contributed by atoms with Crippen LogP contribution in [0, 0.1) is 11.7 Å². The predicted octanol–water partition coefficient (Wildman–Crippen LogP) is 4.75. The summed E-state index contributed by atoms with van der Waals surface area (Å²) in [6, 6.07) is 19.2. The molecule has 6 heteroatoms. The molecular weight excluding hydrogens is 366 g/mol. The average molecular weight is 388 g/mol. The molecule has 1 N–H and O–H groups in total. The molecule has 2 heterocycles. The minimum absolute atomic E-state index is 0.385. The van der Waals surface area contributed by atoms with E-state index in [1.165, 1.54) is 16.7 Å². The number of hydrogen-bond donors (Lipinski definition) is 1. The summed E-state index contributed by atoms with van der Waals surface area (Å²) in [5, 5.41) is 12.1. The van der Waals surface area contributed by atoms with Crippen LogP contribution in [0.5, 0.6) is 0 Å². The molecular formula is C22H21N5S. The Labute approximate surface area is 168 Å². The summed E-state index contributed by atoms with van der Waals surface area (Å²) in [5.74, 6) is 1.89. The lowest BCUT2D eigenvalue weighted by molar-refractivity contribution is 0.686. The second kappa shape index (κ2) is 6.87. The van der Waals surface area contributed by atoms with Gasteiger partial charge in [-0.1, -0.05) is 60.2 Å². The van der Waals surface area contributed by atoms with E-state index < -0.39 is 0 Å². The Morgan fingerprint density at radius 3 is 2.64 bits per heavy atom. The first-order chi connectivity index (χ1) is 13.7. The largest absolute Gasteiger partial charge is 0.269 e. The van der Waals surface area contributed by atoms with Crippen molar-refractivity contribution in [1.82, 2.24) is 24.5 Å². The monoisotopic (exact) mass is 387 g/mol. The summed E-state index contributed by atoms with van der Waals surface area (Å²) in [6.07, 6.45) is 5.00. The summed E-state index contributed by atoms with van der Waals surface area (Å²) in [6.45, 7) is 2.83. The highest BCUT2D eigenvalue weighted by molar-refractivity contribution is 7.71. The lowest BCUT2D eigenvalue weighted by Gasteiger charge is -2.05. The molecule has 2 aromatic heterocycles. The van der Waals surface area contributed by atoms with Crippen LogP contribution in [0.15, 0.2) is 67.0 Å². The van der Waals surface area contributed by atoms with Crippen LogP contribution in [0.1, 0.15) is 40.8 Å².